The zero-order valence-electron chi connectivity index (χ0n) is 13.4. The van der Waals surface area contributed by atoms with E-state index >= 15 is 0 Å². The lowest BCUT2D eigenvalue weighted by Gasteiger charge is -2.51. The summed E-state index contributed by atoms with van der Waals surface area (Å²) in [5.41, 5.74) is -2.91. The highest BCUT2D eigenvalue weighted by Gasteiger charge is 2.80. The Morgan fingerprint density at radius 3 is 2.48 bits per heavy atom. The number of ether oxygens (including phenoxy) is 2. The second-order valence-corrected chi connectivity index (χ2v) is 6.77. The molecule has 4 rings (SSSR count). The molecular formula is C18H15N5O2. The van der Waals surface area contributed by atoms with Gasteiger partial charge in [-0.1, -0.05) is 6.42 Å². The van der Waals surface area contributed by atoms with Crippen LogP contribution in [0.3, 0.4) is 0 Å². The van der Waals surface area contributed by atoms with Crippen molar-refractivity contribution in [3.8, 4) is 18.2 Å². The monoisotopic (exact) mass is 333 g/mol. The van der Waals surface area contributed by atoms with Gasteiger partial charge in [0.05, 0.1) is 24.1 Å². The van der Waals surface area contributed by atoms with Crippen LogP contribution >= 0.6 is 0 Å². The number of pyridine rings is 1. The topological polar surface area (TPSA) is 127 Å². The maximum absolute atomic E-state index is 10.1. The highest BCUT2D eigenvalue weighted by atomic mass is 16.7. The molecule has 7 nitrogen and oxygen atoms in total. The number of aromatic nitrogens is 1. The third-order valence-corrected chi connectivity index (χ3v) is 5.83. The third-order valence-electron chi connectivity index (χ3n) is 5.83. The molecule has 0 amide bonds. The maximum atomic E-state index is 10.1. The number of nitrogens with one attached hydrogen (secondary N) is 1. The van der Waals surface area contributed by atoms with Crippen LogP contribution in [-0.2, 0) is 9.47 Å². The first kappa shape index (κ1) is 15.6. The Labute approximate surface area is 144 Å². The molecule has 0 aromatic carbocycles. The van der Waals surface area contributed by atoms with Crippen molar-refractivity contribution in [2.45, 2.75) is 37.6 Å². The fourth-order valence-electron chi connectivity index (χ4n) is 4.70. The van der Waals surface area contributed by atoms with Gasteiger partial charge in [0.15, 0.2) is 5.41 Å². The second-order valence-electron chi connectivity index (χ2n) is 6.77. The quantitative estimate of drug-likeness (QED) is 0.841. The smallest absolute Gasteiger partial charge is 0.217 e. The van der Waals surface area contributed by atoms with Crippen LogP contribution in [0.25, 0.3) is 0 Å². The molecule has 124 valence electrons. The highest BCUT2D eigenvalue weighted by Crippen LogP contribution is 2.69. The molecule has 25 heavy (non-hydrogen) atoms. The summed E-state index contributed by atoms with van der Waals surface area (Å²) in [6.07, 6.45) is 4.94. The lowest BCUT2D eigenvalue weighted by molar-refractivity contribution is -0.294. The van der Waals surface area contributed by atoms with Gasteiger partial charge in [0.2, 0.25) is 17.1 Å². The Hall–Kier alpha value is -2.95. The minimum absolute atomic E-state index is 0.318. The molecule has 2 saturated heterocycles. The molecule has 7 heteroatoms. The van der Waals surface area contributed by atoms with Crippen molar-refractivity contribution in [2.75, 3.05) is 0 Å². The van der Waals surface area contributed by atoms with Crippen LogP contribution in [0.15, 0.2) is 24.5 Å². The normalized spacial score (nSPS) is 37.7. The van der Waals surface area contributed by atoms with Crippen molar-refractivity contribution in [2.24, 2.45) is 16.7 Å². The van der Waals surface area contributed by atoms with Crippen LogP contribution in [-0.4, -0.2) is 16.7 Å². The van der Waals surface area contributed by atoms with Gasteiger partial charge in [0.25, 0.3) is 0 Å². The number of rotatable bonds is 1. The maximum Gasteiger partial charge on any atom is 0.217 e. The van der Waals surface area contributed by atoms with E-state index in [2.05, 4.69) is 11.1 Å². The van der Waals surface area contributed by atoms with E-state index in [0.717, 1.165) is 12.8 Å². The zero-order valence-corrected chi connectivity index (χ0v) is 13.4. The van der Waals surface area contributed by atoms with E-state index < -0.39 is 28.6 Å². The average Bonchev–Trinajstić information content (AvgIpc) is 2.87. The zero-order chi connectivity index (χ0) is 17.7. The van der Waals surface area contributed by atoms with Gasteiger partial charge in [-0.15, -0.1) is 0 Å². The van der Waals surface area contributed by atoms with Crippen molar-refractivity contribution in [1.29, 1.82) is 21.2 Å². The number of nitrogens with zero attached hydrogens (tertiary/aromatic N) is 4. The van der Waals surface area contributed by atoms with Crippen LogP contribution in [0.2, 0.25) is 0 Å². The van der Waals surface area contributed by atoms with Crippen LogP contribution < -0.4 is 0 Å². The van der Waals surface area contributed by atoms with E-state index in [0.29, 0.717) is 18.4 Å². The molecule has 2 aliphatic heterocycles. The molecule has 0 unspecified atom stereocenters. The number of nitriles is 3. The summed E-state index contributed by atoms with van der Waals surface area (Å²) in [5.74, 6) is -1.93. The van der Waals surface area contributed by atoms with Crippen molar-refractivity contribution in [1.82, 2.24) is 4.98 Å². The summed E-state index contributed by atoms with van der Waals surface area (Å²) in [6.45, 7) is 0. The molecule has 3 heterocycles. The van der Waals surface area contributed by atoms with Gasteiger partial charge in [-0.2, -0.15) is 15.8 Å². The van der Waals surface area contributed by atoms with E-state index in [-0.39, 0.29) is 5.90 Å². The predicted octanol–water partition coefficient (Wildman–Crippen LogP) is 2.59. The SMILES string of the molecule is N#CC1(C#N)[C@@H](c2ccncc2)O[C@@]23CCCC[C@@H]2[C@@]1(C#N)C(=N)O3. The van der Waals surface area contributed by atoms with Crippen molar-refractivity contribution in [3.63, 3.8) is 0 Å². The molecule has 1 saturated carbocycles. The fraction of sp³-hybridized carbons (Fsp3) is 0.500. The van der Waals surface area contributed by atoms with E-state index in [1.54, 1.807) is 24.5 Å². The molecule has 1 aromatic heterocycles. The minimum atomic E-state index is -1.86. The van der Waals surface area contributed by atoms with Crippen molar-refractivity contribution < 1.29 is 9.47 Å². The molecule has 4 atom stereocenters. The molecule has 2 bridgehead atoms. The molecular weight excluding hydrogens is 318 g/mol. The first-order chi connectivity index (χ1) is 12.1. The second kappa shape index (κ2) is 5.02. The lowest BCUT2D eigenvalue weighted by Crippen LogP contribution is -2.60. The van der Waals surface area contributed by atoms with Gasteiger partial charge in [-0.05, 0) is 30.5 Å². The number of hydrogen-bond acceptors (Lipinski definition) is 7. The van der Waals surface area contributed by atoms with E-state index in [1.165, 1.54) is 0 Å². The van der Waals surface area contributed by atoms with Crippen LogP contribution in [0, 0.1) is 56.2 Å². The Kier molecular flexibility index (Phi) is 3.13. The van der Waals surface area contributed by atoms with Crippen LogP contribution in [0.4, 0.5) is 0 Å². The first-order valence-electron chi connectivity index (χ1n) is 8.20. The minimum Gasteiger partial charge on any atom is -0.447 e. The molecule has 0 spiro atoms. The Morgan fingerprint density at radius 2 is 1.84 bits per heavy atom. The molecule has 0 radical (unpaired) electrons. The summed E-state index contributed by atoms with van der Waals surface area (Å²) in [5, 5.41) is 38.5. The Morgan fingerprint density at radius 1 is 1.12 bits per heavy atom. The molecule has 3 aliphatic rings. The largest absolute Gasteiger partial charge is 0.447 e. The lowest BCUT2D eigenvalue weighted by atomic mass is 9.51. The number of hydrogen-bond donors (Lipinski definition) is 1. The summed E-state index contributed by atoms with van der Waals surface area (Å²) in [4.78, 5) is 3.97. The van der Waals surface area contributed by atoms with Crippen molar-refractivity contribution in [3.05, 3.63) is 30.1 Å². The van der Waals surface area contributed by atoms with E-state index in [1.807, 2.05) is 12.1 Å². The highest BCUT2D eigenvalue weighted by molar-refractivity contribution is 5.89. The van der Waals surface area contributed by atoms with Crippen LogP contribution in [0.1, 0.15) is 37.4 Å². The van der Waals surface area contributed by atoms with Gasteiger partial charge in [-0.25, -0.2) is 0 Å². The van der Waals surface area contributed by atoms with Gasteiger partial charge >= 0.3 is 0 Å². The van der Waals surface area contributed by atoms with E-state index in [4.69, 9.17) is 14.9 Å². The molecule has 1 N–H and O–H groups in total. The molecule has 1 aromatic rings. The first-order valence-corrected chi connectivity index (χ1v) is 8.20. The summed E-state index contributed by atoms with van der Waals surface area (Å²) in [7, 11) is 0. The standard InChI is InChI=1S/C18H15N5O2/c19-9-16(10-20)14(12-4-7-23-8-5-12)24-18-6-2-1-3-13(18)17(16,11-21)15(22)25-18/h4-5,7-8,13-14,22H,1-3,6H2/t13-,14-,17+,18-/m1/s1. The van der Waals surface area contributed by atoms with Gasteiger partial charge in [0.1, 0.15) is 6.10 Å². The van der Waals surface area contributed by atoms with Gasteiger partial charge in [0, 0.05) is 18.8 Å². The van der Waals surface area contributed by atoms with Crippen LogP contribution in [0.5, 0.6) is 0 Å². The summed E-state index contributed by atoms with van der Waals surface area (Å²) in [6, 6.07) is 9.58. The van der Waals surface area contributed by atoms with E-state index in [9.17, 15) is 15.8 Å². The molecule has 1 aliphatic carbocycles. The Balaban J connectivity index is 2.01. The predicted molar refractivity (Wildman–Crippen MR) is 83.3 cm³/mol. The average molecular weight is 333 g/mol. The third kappa shape index (κ3) is 1.60. The van der Waals surface area contributed by atoms with Gasteiger partial charge in [-0.3, -0.25) is 10.4 Å². The Bertz CT molecular complexity index is 850. The summed E-state index contributed by atoms with van der Waals surface area (Å²) < 4.78 is 12.1. The van der Waals surface area contributed by atoms with Gasteiger partial charge < -0.3 is 9.47 Å². The summed E-state index contributed by atoms with van der Waals surface area (Å²) >= 11 is 0. The van der Waals surface area contributed by atoms with Crippen molar-refractivity contribution >= 4 is 5.90 Å². The fourth-order valence-corrected chi connectivity index (χ4v) is 4.70. The molecule has 3 fully saturated rings.